The number of nitrogens with one attached hydrogen (secondary N) is 1. The third kappa shape index (κ3) is 7.39. The van der Waals surface area contributed by atoms with Gasteiger partial charge < -0.3 is 19.9 Å². The summed E-state index contributed by atoms with van der Waals surface area (Å²) >= 11 is 1.65. The van der Waals surface area contributed by atoms with Crippen molar-refractivity contribution in [3.63, 3.8) is 0 Å². The van der Waals surface area contributed by atoms with E-state index >= 15 is 0 Å². The number of amides is 3. The van der Waals surface area contributed by atoms with E-state index in [9.17, 15) is 14.4 Å². The van der Waals surface area contributed by atoms with Gasteiger partial charge in [-0.1, -0.05) is 44.2 Å². The number of para-hydroxylation sites is 1. The molecule has 3 amide bonds. The van der Waals surface area contributed by atoms with E-state index in [4.69, 9.17) is 4.74 Å². The zero-order chi connectivity index (χ0) is 24.3. The van der Waals surface area contributed by atoms with Crippen molar-refractivity contribution in [2.75, 3.05) is 45.3 Å². The van der Waals surface area contributed by atoms with Crippen molar-refractivity contribution in [1.82, 2.24) is 15.1 Å². The maximum Gasteiger partial charge on any atom is 0.255 e. The lowest BCUT2D eigenvalue weighted by atomic mass is 9.86. The van der Waals surface area contributed by atoms with Crippen LogP contribution in [-0.4, -0.2) is 78.9 Å². The Kier molecular flexibility index (Phi) is 10.6. The standard InChI is InChI=1S/C26H39N3O4S/c1-33-23-11-7-6-10-21(23)25(31)27-22(14-19-34-2)26(32)29-17-15-28(16-18-29)24(30)13-12-20-8-4-3-5-9-20/h6-7,10-11,20,22H,3-5,8-9,12-19H2,1-2H3,(H,27,31). The molecule has 1 aromatic rings. The summed E-state index contributed by atoms with van der Waals surface area (Å²) < 4.78 is 5.30. The lowest BCUT2D eigenvalue weighted by Crippen LogP contribution is -2.56. The minimum atomic E-state index is -0.599. The summed E-state index contributed by atoms with van der Waals surface area (Å²) in [6.45, 7) is 2.14. The molecule has 1 N–H and O–H groups in total. The van der Waals surface area contributed by atoms with Crippen LogP contribution in [-0.2, 0) is 9.59 Å². The quantitative estimate of drug-likeness (QED) is 0.544. The van der Waals surface area contributed by atoms with Crippen molar-refractivity contribution in [1.29, 1.82) is 0 Å². The van der Waals surface area contributed by atoms with Crippen LogP contribution in [0.3, 0.4) is 0 Å². The number of methoxy groups -OCH3 is 1. The van der Waals surface area contributed by atoms with Crippen molar-refractivity contribution >= 4 is 29.5 Å². The van der Waals surface area contributed by atoms with E-state index in [0.29, 0.717) is 56.3 Å². The fourth-order valence-electron chi connectivity index (χ4n) is 4.92. The first-order chi connectivity index (χ1) is 16.5. The minimum Gasteiger partial charge on any atom is -0.496 e. The Labute approximate surface area is 208 Å². The Hall–Kier alpha value is -2.22. The number of carbonyl (C=O) groups excluding carboxylic acids is 3. The van der Waals surface area contributed by atoms with Gasteiger partial charge in [0.1, 0.15) is 11.8 Å². The lowest BCUT2D eigenvalue weighted by molar-refractivity contribution is -0.140. The molecule has 0 radical (unpaired) electrons. The Balaban J connectivity index is 1.52. The van der Waals surface area contributed by atoms with E-state index in [1.165, 1.54) is 39.2 Å². The fourth-order valence-corrected chi connectivity index (χ4v) is 5.39. The number of benzene rings is 1. The zero-order valence-corrected chi connectivity index (χ0v) is 21.4. The smallest absolute Gasteiger partial charge is 0.255 e. The topological polar surface area (TPSA) is 79.0 Å². The molecule has 0 aromatic heterocycles. The molecule has 1 aliphatic carbocycles. The number of piperazine rings is 1. The number of hydrogen-bond acceptors (Lipinski definition) is 5. The molecule has 1 aliphatic heterocycles. The van der Waals surface area contributed by atoms with Crippen LogP contribution in [0.1, 0.15) is 61.7 Å². The Morgan fingerprint density at radius 2 is 1.74 bits per heavy atom. The Morgan fingerprint density at radius 1 is 1.06 bits per heavy atom. The summed E-state index contributed by atoms with van der Waals surface area (Å²) in [5, 5.41) is 2.93. The molecule has 0 spiro atoms. The van der Waals surface area contributed by atoms with E-state index in [0.717, 1.165) is 12.2 Å². The molecule has 1 atom stereocenters. The molecule has 8 heteroatoms. The van der Waals surface area contributed by atoms with Crippen LogP contribution in [0, 0.1) is 5.92 Å². The molecule has 1 saturated carbocycles. The second-order valence-electron chi connectivity index (χ2n) is 9.26. The second kappa shape index (κ2) is 13.6. The highest BCUT2D eigenvalue weighted by molar-refractivity contribution is 7.98. The van der Waals surface area contributed by atoms with Gasteiger partial charge >= 0.3 is 0 Å². The van der Waals surface area contributed by atoms with Crippen molar-refractivity contribution in [3.05, 3.63) is 29.8 Å². The third-order valence-corrected chi connectivity index (χ3v) is 7.64. The lowest BCUT2D eigenvalue weighted by Gasteiger charge is -2.37. The first-order valence-electron chi connectivity index (χ1n) is 12.5. The van der Waals surface area contributed by atoms with Gasteiger partial charge in [0.25, 0.3) is 5.91 Å². The number of rotatable bonds is 10. The van der Waals surface area contributed by atoms with Gasteiger partial charge in [-0.25, -0.2) is 0 Å². The highest BCUT2D eigenvalue weighted by Gasteiger charge is 2.30. The molecule has 3 rings (SSSR count). The number of carbonyl (C=O) groups is 3. The predicted molar refractivity (Wildman–Crippen MR) is 136 cm³/mol. The molecule has 1 aromatic carbocycles. The molecule has 7 nitrogen and oxygen atoms in total. The van der Waals surface area contributed by atoms with E-state index < -0.39 is 6.04 Å². The average Bonchev–Trinajstić information content (AvgIpc) is 2.89. The Morgan fingerprint density at radius 3 is 2.41 bits per heavy atom. The van der Waals surface area contributed by atoms with Gasteiger partial charge in [0.15, 0.2) is 0 Å². The van der Waals surface area contributed by atoms with E-state index in [1.807, 2.05) is 17.2 Å². The Bertz CT molecular complexity index is 820. The highest BCUT2D eigenvalue weighted by Crippen LogP contribution is 2.27. The summed E-state index contributed by atoms with van der Waals surface area (Å²) in [4.78, 5) is 42.6. The molecule has 1 unspecified atom stereocenters. The minimum absolute atomic E-state index is 0.0772. The summed E-state index contributed by atoms with van der Waals surface area (Å²) in [6.07, 6.45) is 10.6. The van der Waals surface area contributed by atoms with Crippen LogP contribution in [0.15, 0.2) is 24.3 Å². The third-order valence-electron chi connectivity index (χ3n) is 7.00. The number of hydrogen-bond donors (Lipinski definition) is 1. The van der Waals surface area contributed by atoms with Crippen LogP contribution in [0.2, 0.25) is 0 Å². The fraction of sp³-hybridized carbons (Fsp3) is 0.654. The van der Waals surface area contributed by atoms with Gasteiger partial charge in [0, 0.05) is 32.6 Å². The molecular formula is C26H39N3O4S. The van der Waals surface area contributed by atoms with E-state index in [1.54, 1.807) is 34.9 Å². The zero-order valence-electron chi connectivity index (χ0n) is 20.6. The normalized spacial score (nSPS) is 17.8. The summed E-state index contributed by atoms with van der Waals surface area (Å²) in [5.41, 5.74) is 0.417. The first-order valence-corrected chi connectivity index (χ1v) is 13.9. The van der Waals surface area contributed by atoms with Gasteiger partial charge in [-0.3, -0.25) is 14.4 Å². The first kappa shape index (κ1) is 26.4. The highest BCUT2D eigenvalue weighted by atomic mass is 32.2. The molecule has 0 bridgehead atoms. The molecular weight excluding hydrogens is 450 g/mol. The van der Waals surface area contributed by atoms with Crippen LogP contribution < -0.4 is 10.1 Å². The largest absolute Gasteiger partial charge is 0.496 e. The molecule has 1 heterocycles. The van der Waals surface area contributed by atoms with Gasteiger partial charge in [0.2, 0.25) is 11.8 Å². The van der Waals surface area contributed by atoms with Crippen LogP contribution in [0.25, 0.3) is 0 Å². The average molecular weight is 490 g/mol. The number of nitrogens with zero attached hydrogens (tertiary/aromatic N) is 2. The van der Waals surface area contributed by atoms with Gasteiger partial charge in [-0.05, 0) is 42.9 Å². The molecule has 188 valence electrons. The monoisotopic (exact) mass is 489 g/mol. The molecule has 2 fully saturated rings. The predicted octanol–water partition coefficient (Wildman–Crippen LogP) is 3.58. The number of ether oxygens (including phenoxy) is 1. The van der Waals surface area contributed by atoms with Crippen molar-refractivity contribution in [3.8, 4) is 5.75 Å². The van der Waals surface area contributed by atoms with Gasteiger partial charge in [0.05, 0.1) is 12.7 Å². The number of thioether (sulfide) groups is 1. The van der Waals surface area contributed by atoms with Crippen LogP contribution in [0.5, 0.6) is 5.75 Å². The van der Waals surface area contributed by atoms with Crippen LogP contribution >= 0.6 is 11.8 Å². The SMILES string of the molecule is COc1ccccc1C(=O)NC(CCSC)C(=O)N1CCN(C(=O)CCC2CCCCC2)CC1. The maximum absolute atomic E-state index is 13.3. The molecule has 2 aliphatic rings. The van der Waals surface area contributed by atoms with Crippen molar-refractivity contribution < 1.29 is 19.1 Å². The van der Waals surface area contributed by atoms with E-state index in [-0.39, 0.29) is 17.7 Å². The summed E-state index contributed by atoms with van der Waals surface area (Å²) in [7, 11) is 1.53. The molecule has 1 saturated heterocycles. The van der Waals surface area contributed by atoms with Gasteiger partial charge in [-0.15, -0.1) is 0 Å². The van der Waals surface area contributed by atoms with Crippen LogP contribution in [0.4, 0.5) is 0 Å². The summed E-state index contributed by atoms with van der Waals surface area (Å²) in [6, 6.07) is 6.42. The van der Waals surface area contributed by atoms with Gasteiger partial charge in [-0.2, -0.15) is 11.8 Å². The summed E-state index contributed by atoms with van der Waals surface area (Å²) in [5.74, 6) is 1.77. The van der Waals surface area contributed by atoms with E-state index in [2.05, 4.69) is 5.32 Å². The second-order valence-corrected chi connectivity index (χ2v) is 10.2. The maximum atomic E-state index is 13.3. The van der Waals surface area contributed by atoms with Crippen molar-refractivity contribution in [2.45, 2.75) is 57.4 Å². The molecule has 34 heavy (non-hydrogen) atoms. The van der Waals surface area contributed by atoms with Crippen molar-refractivity contribution in [2.24, 2.45) is 5.92 Å².